The summed E-state index contributed by atoms with van der Waals surface area (Å²) in [7, 11) is 0. The van der Waals surface area contributed by atoms with Crippen LogP contribution in [0.2, 0.25) is 0 Å². The summed E-state index contributed by atoms with van der Waals surface area (Å²) in [5.74, 6) is 0.0587. The summed E-state index contributed by atoms with van der Waals surface area (Å²) in [5, 5.41) is 17.0. The van der Waals surface area contributed by atoms with Gasteiger partial charge in [-0.25, -0.2) is 0 Å². The van der Waals surface area contributed by atoms with Crippen molar-refractivity contribution in [3.63, 3.8) is 0 Å². The van der Waals surface area contributed by atoms with Crippen molar-refractivity contribution in [1.82, 2.24) is 25.7 Å². The maximum atomic E-state index is 11.7. The Morgan fingerprint density at radius 3 is 2.89 bits per heavy atom. The number of anilines is 1. The monoisotopic (exact) mass is 260 g/mol. The molecule has 7 nitrogen and oxygen atoms in total. The second kappa shape index (κ2) is 5.94. The quantitative estimate of drug-likeness (QED) is 0.676. The first-order valence-corrected chi connectivity index (χ1v) is 6.03. The van der Waals surface area contributed by atoms with Crippen LogP contribution in [0.15, 0.2) is 18.3 Å². The molecule has 0 unspecified atom stereocenters. The van der Waals surface area contributed by atoms with Crippen LogP contribution in [-0.2, 0) is 6.42 Å². The molecule has 0 saturated heterocycles. The van der Waals surface area contributed by atoms with Crippen LogP contribution >= 0.6 is 0 Å². The number of amides is 1. The highest BCUT2D eigenvalue weighted by molar-refractivity contribution is 5.92. The first kappa shape index (κ1) is 13.0. The number of nitrogen functional groups attached to an aromatic ring is 1. The molecule has 2 rings (SSSR count). The molecule has 0 aliphatic heterocycles. The fourth-order valence-electron chi connectivity index (χ4n) is 1.66. The number of aromatic amines is 1. The van der Waals surface area contributed by atoms with Crippen molar-refractivity contribution in [3.8, 4) is 0 Å². The van der Waals surface area contributed by atoms with Crippen molar-refractivity contribution >= 4 is 11.7 Å². The first-order chi connectivity index (χ1) is 9.16. The van der Waals surface area contributed by atoms with Gasteiger partial charge in [-0.1, -0.05) is 0 Å². The molecular formula is C12H16N6O. The summed E-state index contributed by atoms with van der Waals surface area (Å²) >= 11 is 0. The van der Waals surface area contributed by atoms with Crippen LogP contribution in [0, 0.1) is 6.92 Å². The third-order valence-electron chi connectivity index (χ3n) is 2.76. The predicted molar refractivity (Wildman–Crippen MR) is 70.4 cm³/mol. The van der Waals surface area contributed by atoms with Crippen LogP contribution in [-0.4, -0.2) is 32.8 Å². The van der Waals surface area contributed by atoms with Gasteiger partial charge in [0.15, 0.2) is 5.69 Å². The van der Waals surface area contributed by atoms with Crippen LogP contribution in [0.1, 0.15) is 28.2 Å². The van der Waals surface area contributed by atoms with Crippen LogP contribution in [0.5, 0.6) is 0 Å². The molecule has 2 aromatic rings. The fraction of sp³-hybridized carbons (Fsp3) is 0.333. The van der Waals surface area contributed by atoms with Gasteiger partial charge in [0.2, 0.25) is 0 Å². The Balaban J connectivity index is 1.75. The van der Waals surface area contributed by atoms with Crippen LogP contribution < -0.4 is 11.1 Å². The second-order valence-electron chi connectivity index (χ2n) is 4.22. The molecule has 0 atom stereocenters. The Morgan fingerprint density at radius 2 is 2.26 bits per heavy atom. The molecular weight excluding hydrogens is 244 g/mol. The van der Waals surface area contributed by atoms with Crippen LogP contribution in [0.25, 0.3) is 0 Å². The zero-order valence-corrected chi connectivity index (χ0v) is 10.7. The molecule has 7 heteroatoms. The predicted octanol–water partition coefficient (Wildman–Crippen LogP) is 0.453. The van der Waals surface area contributed by atoms with Gasteiger partial charge in [-0.15, -0.1) is 10.2 Å². The Labute approximate surface area is 110 Å². The smallest absolute Gasteiger partial charge is 0.271 e. The summed E-state index contributed by atoms with van der Waals surface area (Å²) in [6.45, 7) is 2.56. The fourth-order valence-corrected chi connectivity index (χ4v) is 1.66. The average molecular weight is 260 g/mol. The van der Waals surface area contributed by atoms with E-state index in [-0.39, 0.29) is 11.6 Å². The van der Waals surface area contributed by atoms with Crippen molar-refractivity contribution in [2.75, 3.05) is 12.3 Å². The van der Waals surface area contributed by atoms with E-state index in [9.17, 15) is 4.79 Å². The van der Waals surface area contributed by atoms with Gasteiger partial charge in [0.1, 0.15) is 5.82 Å². The van der Waals surface area contributed by atoms with Gasteiger partial charge in [-0.3, -0.25) is 9.89 Å². The number of rotatable bonds is 5. The Hall–Kier alpha value is -2.44. The van der Waals surface area contributed by atoms with Crippen molar-refractivity contribution in [2.24, 2.45) is 0 Å². The number of carbonyl (C=O) groups is 1. The van der Waals surface area contributed by atoms with E-state index in [0.717, 1.165) is 18.5 Å². The summed E-state index contributed by atoms with van der Waals surface area (Å²) in [6.07, 6.45) is 3.52. The summed E-state index contributed by atoms with van der Waals surface area (Å²) in [5.41, 5.74) is 7.91. The standard InChI is InChI=1S/C12H16N6O/c1-8-9(7-15-16-8)3-2-6-14-12(19)10-4-5-11(13)18-17-10/h4-5,7H,2-3,6H2,1H3,(H2,13,18)(H,14,19)(H,15,16). The molecule has 100 valence electrons. The molecule has 1 amide bonds. The van der Waals surface area contributed by atoms with Crippen LogP contribution in [0.3, 0.4) is 0 Å². The van der Waals surface area contributed by atoms with E-state index in [0.29, 0.717) is 12.4 Å². The zero-order valence-electron chi connectivity index (χ0n) is 10.7. The highest BCUT2D eigenvalue weighted by Crippen LogP contribution is 2.05. The number of aryl methyl sites for hydroxylation is 2. The van der Waals surface area contributed by atoms with E-state index >= 15 is 0 Å². The van der Waals surface area contributed by atoms with Gasteiger partial charge in [-0.05, 0) is 37.5 Å². The van der Waals surface area contributed by atoms with Crippen molar-refractivity contribution in [3.05, 3.63) is 35.3 Å². The lowest BCUT2D eigenvalue weighted by Crippen LogP contribution is -2.26. The van der Waals surface area contributed by atoms with Gasteiger partial charge < -0.3 is 11.1 Å². The lowest BCUT2D eigenvalue weighted by atomic mass is 10.1. The van der Waals surface area contributed by atoms with Gasteiger partial charge in [0.05, 0.1) is 6.20 Å². The summed E-state index contributed by atoms with van der Waals surface area (Å²) in [6, 6.07) is 3.11. The van der Waals surface area contributed by atoms with E-state index in [1.54, 1.807) is 12.1 Å². The second-order valence-corrected chi connectivity index (χ2v) is 4.22. The van der Waals surface area contributed by atoms with Crippen molar-refractivity contribution in [2.45, 2.75) is 19.8 Å². The number of carbonyl (C=O) groups excluding carboxylic acids is 1. The molecule has 0 bridgehead atoms. The topological polar surface area (TPSA) is 110 Å². The third kappa shape index (κ3) is 3.51. The first-order valence-electron chi connectivity index (χ1n) is 6.03. The van der Waals surface area contributed by atoms with Gasteiger partial charge >= 0.3 is 0 Å². The largest absolute Gasteiger partial charge is 0.382 e. The maximum Gasteiger partial charge on any atom is 0.271 e. The Bertz CT molecular complexity index is 548. The van der Waals surface area contributed by atoms with Crippen LogP contribution in [0.4, 0.5) is 5.82 Å². The normalized spacial score (nSPS) is 10.4. The van der Waals surface area contributed by atoms with Crippen molar-refractivity contribution in [1.29, 1.82) is 0 Å². The van der Waals surface area contributed by atoms with E-state index < -0.39 is 0 Å². The molecule has 0 aromatic carbocycles. The molecule has 0 aliphatic carbocycles. The Kier molecular flexibility index (Phi) is 4.07. The highest BCUT2D eigenvalue weighted by atomic mass is 16.1. The highest BCUT2D eigenvalue weighted by Gasteiger charge is 2.07. The van der Waals surface area contributed by atoms with Gasteiger partial charge in [0, 0.05) is 12.2 Å². The summed E-state index contributed by atoms with van der Waals surface area (Å²) in [4.78, 5) is 11.7. The number of hydrogen-bond acceptors (Lipinski definition) is 5. The van der Waals surface area contributed by atoms with Gasteiger partial charge in [-0.2, -0.15) is 5.10 Å². The van der Waals surface area contributed by atoms with Gasteiger partial charge in [0.25, 0.3) is 5.91 Å². The van der Waals surface area contributed by atoms with E-state index in [4.69, 9.17) is 5.73 Å². The minimum Gasteiger partial charge on any atom is -0.382 e. The van der Waals surface area contributed by atoms with Crippen molar-refractivity contribution < 1.29 is 4.79 Å². The Morgan fingerprint density at radius 1 is 1.42 bits per heavy atom. The lowest BCUT2D eigenvalue weighted by molar-refractivity contribution is 0.0947. The molecule has 0 aliphatic rings. The number of nitrogens with two attached hydrogens (primary N) is 1. The number of hydrogen-bond donors (Lipinski definition) is 3. The van der Waals surface area contributed by atoms with E-state index in [2.05, 4.69) is 25.7 Å². The van der Waals surface area contributed by atoms with E-state index in [1.807, 2.05) is 13.1 Å². The number of nitrogens with zero attached hydrogens (tertiary/aromatic N) is 3. The maximum absolute atomic E-state index is 11.7. The minimum atomic E-state index is -0.239. The molecule has 2 heterocycles. The average Bonchev–Trinajstić information content (AvgIpc) is 2.81. The molecule has 0 radical (unpaired) electrons. The summed E-state index contributed by atoms with van der Waals surface area (Å²) < 4.78 is 0. The minimum absolute atomic E-state index is 0.239. The third-order valence-corrected chi connectivity index (χ3v) is 2.76. The number of H-pyrrole nitrogens is 1. The lowest BCUT2D eigenvalue weighted by Gasteiger charge is -2.04. The number of aromatic nitrogens is 4. The molecule has 19 heavy (non-hydrogen) atoms. The zero-order chi connectivity index (χ0) is 13.7. The SMILES string of the molecule is Cc1[nH]ncc1CCCNC(=O)c1ccc(N)nn1. The number of nitrogens with one attached hydrogen (secondary N) is 2. The molecule has 0 spiro atoms. The molecule has 0 fully saturated rings. The molecule has 4 N–H and O–H groups in total. The molecule has 2 aromatic heterocycles. The molecule has 0 saturated carbocycles. The van der Waals surface area contributed by atoms with E-state index in [1.165, 1.54) is 5.56 Å².